The molecule has 142 valence electrons. The van der Waals surface area contributed by atoms with E-state index in [4.69, 9.17) is 11.6 Å². The number of halogens is 1. The van der Waals surface area contributed by atoms with Crippen molar-refractivity contribution in [1.29, 1.82) is 0 Å². The Morgan fingerprint density at radius 3 is 2.27 bits per heavy atom. The van der Waals surface area contributed by atoms with Crippen molar-refractivity contribution < 1.29 is 14.7 Å². The standard InChI is InChI=1S/C20H27ClN2O3/c1-20(2,14-5-7-15(21)8-6-14)19(26)22-12-9-16(10-13-22)23-11-3-4-17(23)18(24)25/h5-8,16-17H,3-4,9-13H2,1-2H3,(H,24,25). The van der Waals surface area contributed by atoms with Crippen molar-refractivity contribution in [2.24, 2.45) is 0 Å². The molecule has 2 fully saturated rings. The van der Waals surface area contributed by atoms with Gasteiger partial charge in [-0.15, -0.1) is 0 Å². The number of carboxylic acid groups (broad SMARTS) is 1. The lowest BCUT2D eigenvalue weighted by Gasteiger charge is -2.41. The van der Waals surface area contributed by atoms with Gasteiger partial charge in [-0.3, -0.25) is 14.5 Å². The van der Waals surface area contributed by atoms with Gasteiger partial charge in [0.25, 0.3) is 0 Å². The summed E-state index contributed by atoms with van der Waals surface area (Å²) < 4.78 is 0. The Balaban J connectivity index is 1.63. The Morgan fingerprint density at radius 1 is 1.08 bits per heavy atom. The van der Waals surface area contributed by atoms with E-state index in [0.29, 0.717) is 18.1 Å². The maximum absolute atomic E-state index is 13.1. The SMILES string of the molecule is CC(C)(C(=O)N1CCC(N2CCCC2C(=O)O)CC1)c1ccc(Cl)cc1. The van der Waals surface area contributed by atoms with Crippen molar-refractivity contribution in [1.82, 2.24) is 9.80 Å². The second-order valence-electron chi connectivity index (χ2n) is 7.89. The Bertz CT molecular complexity index is 666. The fourth-order valence-electron chi connectivity index (χ4n) is 4.28. The minimum Gasteiger partial charge on any atom is -0.480 e. The number of nitrogens with zero attached hydrogens (tertiary/aromatic N) is 2. The van der Waals surface area contributed by atoms with Gasteiger partial charge in [0, 0.05) is 24.2 Å². The quantitative estimate of drug-likeness (QED) is 0.874. The predicted octanol–water partition coefficient (Wildman–Crippen LogP) is 3.16. The van der Waals surface area contributed by atoms with Crippen molar-refractivity contribution in [3.63, 3.8) is 0 Å². The van der Waals surface area contributed by atoms with Gasteiger partial charge < -0.3 is 10.0 Å². The summed E-state index contributed by atoms with van der Waals surface area (Å²) in [6.07, 6.45) is 3.36. The van der Waals surface area contributed by atoms with E-state index < -0.39 is 11.4 Å². The number of rotatable bonds is 4. The van der Waals surface area contributed by atoms with Gasteiger partial charge in [-0.25, -0.2) is 0 Å². The fraction of sp³-hybridized carbons (Fsp3) is 0.600. The first-order chi connectivity index (χ1) is 12.3. The molecule has 0 saturated carbocycles. The van der Waals surface area contributed by atoms with Crippen LogP contribution in [0.4, 0.5) is 0 Å². The largest absolute Gasteiger partial charge is 0.480 e. The molecule has 0 bridgehead atoms. The van der Waals surface area contributed by atoms with Crippen molar-refractivity contribution in [3.05, 3.63) is 34.9 Å². The minimum atomic E-state index is -0.718. The molecule has 0 aliphatic carbocycles. The zero-order chi connectivity index (χ0) is 18.9. The molecule has 1 aromatic carbocycles. The maximum atomic E-state index is 13.1. The Morgan fingerprint density at radius 2 is 1.69 bits per heavy atom. The Kier molecular flexibility index (Phi) is 5.58. The second kappa shape index (κ2) is 7.57. The summed E-state index contributed by atoms with van der Waals surface area (Å²) in [7, 11) is 0. The molecule has 2 saturated heterocycles. The number of amides is 1. The zero-order valence-electron chi connectivity index (χ0n) is 15.4. The van der Waals surface area contributed by atoms with E-state index in [-0.39, 0.29) is 18.0 Å². The van der Waals surface area contributed by atoms with Gasteiger partial charge in [0.1, 0.15) is 6.04 Å². The molecule has 1 N–H and O–H groups in total. The molecule has 1 atom stereocenters. The number of carbonyl (C=O) groups is 2. The highest BCUT2D eigenvalue weighted by Gasteiger charge is 2.39. The van der Waals surface area contributed by atoms with Gasteiger partial charge in [0.2, 0.25) is 5.91 Å². The van der Waals surface area contributed by atoms with Gasteiger partial charge in [-0.1, -0.05) is 23.7 Å². The van der Waals surface area contributed by atoms with Crippen LogP contribution in [0.15, 0.2) is 24.3 Å². The van der Waals surface area contributed by atoms with Gasteiger partial charge in [0.15, 0.2) is 0 Å². The lowest BCUT2D eigenvalue weighted by atomic mass is 9.82. The van der Waals surface area contributed by atoms with E-state index in [0.717, 1.165) is 37.8 Å². The summed E-state index contributed by atoms with van der Waals surface area (Å²) >= 11 is 5.96. The molecular formula is C20H27ClN2O3. The van der Waals surface area contributed by atoms with Crippen molar-refractivity contribution in [2.45, 2.75) is 57.0 Å². The third-order valence-corrected chi connectivity index (χ3v) is 6.15. The van der Waals surface area contributed by atoms with Gasteiger partial charge in [0.05, 0.1) is 5.41 Å². The van der Waals surface area contributed by atoms with Crippen LogP contribution in [-0.4, -0.2) is 58.5 Å². The molecule has 2 aliphatic heterocycles. The summed E-state index contributed by atoms with van der Waals surface area (Å²) in [5.74, 6) is -0.598. The number of hydrogen-bond donors (Lipinski definition) is 1. The van der Waals surface area contributed by atoms with Gasteiger partial charge >= 0.3 is 5.97 Å². The van der Waals surface area contributed by atoms with Crippen LogP contribution in [0.2, 0.25) is 5.02 Å². The molecule has 26 heavy (non-hydrogen) atoms. The molecule has 3 rings (SSSR count). The highest BCUT2D eigenvalue weighted by molar-refractivity contribution is 6.30. The van der Waals surface area contributed by atoms with E-state index >= 15 is 0 Å². The van der Waals surface area contributed by atoms with Crippen LogP contribution in [0.1, 0.15) is 45.1 Å². The fourth-order valence-corrected chi connectivity index (χ4v) is 4.40. The van der Waals surface area contributed by atoms with Gasteiger partial charge in [-0.2, -0.15) is 0 Å². The second-order valence-corrected chi connectivity index (χ2v) is 8.33. The number of carbonyl (C=O) groups excluding carboxylic acids is 1. The number of carboxylic acids is 1. The molecule has 6 heteroatoms. The topological polar surface area (TPSA) is 60.9 Å². The normalized spacial score (nSPS) is 22.6. The summed E-state index contributed by atoms with van der Waals surface area (Å²) in [6, 6.07) is 7.37. The molecule has 5 nitrogen and oxygen atoms in total. The molecule has 0 aromatic heterocycles. The third kappa shape index (κ3) is 3.74. The first-order valence-electron chi connectivity index (χ1n) is 9.34. The van der Waals surface area contributed by atoms with Crippen LogP contribution in [0, 0.1) is 0 Å². The summed E-state index contributed by atoms with van der Waals surface area (Å²) in [6.45, 7) is 6.12. The summed E-state index contributed by atoms with van der Waals surface area (Å²) in [5, 5.41) is 10.1. The van der Waals surface area contributed by atoms with Crippen LogP contribution in [0.5, 0.6) is 0 Å². The lowest BCUT2D eigenvalue weighted by molar-refractivity contribution is -0.144. The highest BCUT2D eigenvalue weighted by Crippen LogP contribution is 2.30. The summed E-state index contributed by atoms with van der Waals surface area (Å²) in [5.41, 5.74) is 0.355. The molecule has 0 radical (unpaired) electrons. The number of likely N-dealkylation sites (tertiary alicyclic amines) is 2. The van der Waals surface area contributed by atoms with Crippen LogP contribution >= 0.6 is 11.6 Å². The Labute approximate surface area is 159 Å². The van der Waals surface area contributed by atoms with E-state index in [2.05, 4.69) is 4.90 Å². The Hall–Kier alpha value is -1.59. The average Bonchev–Trinajstić information content (AvgIpc) is 3.11. The first kappa shape index (κ1) is 19.2. The maximum Gasteiger partial charge on any atom is 0.320 e. The molecule has 2 aliphatic rings. The van der Waals surface area contributed by atoms with Gasteiger partial charge in [-0.05, 0) is 63.8 Å². The molecule has 1 amide bonds. The van der Waals surface area contributed by atoms with Crippen LogP contribution in [0.25, 0.3) is 0 Å². The zero-order valence-corrected chi connectivity index (χ0v) is 16.2. The van der Waals surface area contributed by atoms with Crippen LogP contribution in [0.3, 0.4) is 0 Å². The highest BCUT2D eigenvalue weighted by atomic mass is 35.5. The minimum absolute atomic E-state index is 0.120. The third-order valence-electron chi connectivity index (χ3n) is 5.90. The van der Waals surface area contributed by atoms with Crippen molar-refractivity contribution >= 4 is 23.5 Å². The lowest BCUT2D eigenvalue weighted by Crippen LogP contribution is -2.52. The number of piperidine rings is 1. The smallest absolute Gasteiger partial charge is 0.320 e. The van der Waals surface area contributed by atoms with E-state index in [9.17, 15) is 14.7 Å². The predicted molar refractivity (Wildman–Crippen MR) is 101 cm³/mol. The molecular weight excluding hydrogens is 352 g/mol. The van der Waals surface area contributed by atoms with E-state index in [1.165, 1.54) is 0 Å². The summed E-state index contributed by atoms with van der Waals surface area (Å²) in [4.78, 5) is 28.6. The first-order valence-corrected chi connectivity index (χ1v) is 9.72. The van der Waals surface area contributed by atoms with E-state index in [1.54, 1.807) is 0 Å². The number of aliphatic carboxylic acids is 1. The molecule has 1 unspecified atom stereocenters. The average molecular weight is 379 g/mol. The van der Waals surface area contributed by atoms with Crippen LogP contribution < -0.4 is 0 Å². The van der Waals surface area contributed by atoms with E-state index in [1.807, 2.05) is 43.0 Å². The monoisotopic (exact) mass is 378 g/mol. The molecule has 0 spiro atoms. The molecule has 1 aromatic rings. The van der Waals surface area contributed by atoms with Crippen LogP contribution in [-0.2, 0) is 15.0 Å². The molecule has 2 heterocycles. The van der Waals surface area contributed by atoms with Crippen molar-refractivity contribution in [2.75, 3.05) is 19.6 Å². The number of hydrogen-bond acceptors (Lipinski definition) is 3. The van der Waals surface area contributed by atoms with Crippen molar-refractivity contribution in [3.8, 4) is 0 Å². The number of benzene rings is 1.